The number of carbonyl (C=O) groups excluding carboxylic acids is 1. The highest BCUT2D eigenvalue weighted by Gasteiger charge is 2.09. The monoisotopic (exact) mass is 390 g/mol. The van der Waals surface area contributed by atoms with Gasteiger partial charge >= 0.3 is 0 Å². The molecule has 2 N–H and O–H groups in total. The minimum atomic E-state index is -0.263. The molecule has 150 valence electrons. The van der Waals surface area contributed by atoms with Crippen LogP contribution in [0.2, 0.25) is 0 Å². The third-order valence-corrected chi connectivity index (χ3v) is 4.70. The van der Waals surface area contributed by atoms with Gasteiger partial charge in [-0.05, 0) is 74.4 Å². The van der Waals surface area contributed by atoms with Crippen LogP contribution >= 0.6 is 0 Å². The summed E-state index contributed by atoms with van der Waals surface area (Å²) < 4.78 is 0. The average molecular weight is 390 g/mol. The van der Waals surface area contributed by atoms with Gasteiger partial charge in [-0.3, -0.25) is 9.78 Å². The second-order valence-corrected chi connectivity index (χ2v) is 6.64. The standard InChI is InChI=1S/C22H26N6O/c1-4-28(5-2)18-6-7-19(16(3)14-18)25-21-9-8-20(26-27-21)22(29)24-15-17-10-12-23-13-11-17/h6-14H,4-5,15H2,1-3H3,(H,24,29)(H,25,27). The van der Waals surface area contributed by atoms with Crippen molar-refractivity contribution in [2.75, 3.05) is 23.3 Å². The van der Waals surface area contributed by atoms with Gasteiger partial charge in [-0.25, -0.2) is 0 Å². The van der Waals surface area contributed by atoms with Gasteiger partial charge in [0.15, 0.2) is 11.5 Å². The van der Waals surface area contributed by atoms with Gasteiger partial charge in [0, 0.05) is 43.4 Å². The van der Waals surface area contributed by atoms with E-state index in [1.54, 1.807) is 24.5 Å². The minimum Gasteiger partial charge on any atom is -0.372 e. The number of nitrogens with zero attached hydrogens (tertiary/aromatic N) is 4. The van der Waals surface area contributed by atoms with Crippen molar-refractivity contribution in [3.05, 3.63) is 71.7 Å². The number of hydrogen-bond acceptors (Lipinski definition) is 6. The first-order chi connectivity index (χ1) is 14.1. The molecule has 3 rings (SSSR count). The van der Waals surface area contributed by atoms with E-state index in [9.17, 15) is 4.79 Å². The lowest BCUT2D eigenvalue weighted by Gasteiger charge is -2.22. The maximum absolute atomic E-state index is 12.2. The molecule has 1 amide bonds. The molecule has 2 aromatic heterocycles. The highest BCUT2D eigenvalue weighted by molar-refractivity contribution is 5.92. The van der Waals surface area contributed by atoms with Crippen molar-refractivity contribution in [2.24, 2.45) is 0 Å². The molecule has 0 aliphatic rings. The lowest BCUT2D eigenvalue weighted by Crippen LogP contribution is -2.24. The number of anilines is 3. The van der Waals surface area contributed by atoms with Crippen LogP contribution in [0.25, 0.3) is 0 Å². The van der Waals surface area contributed by atoms with Gasteiger partial charge in [-0.2, -0.15) is 0 Å². The van der Waals surface area contributed by atoms with Gasteiger partial charge in [0.2, 0.25) is 0 Å². The Balaban J connectivity index is 1.62. The first-order valence-corrected chi connectivity index (χ1v) is 9.74. The summed E-state index contributed by atoms with van der Waals surface area (Å²) in [6, 6.07) is 13.4. The van der Waals surface area contributed by atoms with Crippen molar-refractivity contribution >= 4 is 23.1 Å². The number of benzene rings is 1. The molecular weight excluding hydrogens is 364 g/mol. The fourth-order valence-electron chi connectivity index (χ4n) is 3.01. The first kappa shape index (κ1) is 20.3. The molecule has 2 heterocycles. The minimum absolute atomic E-state index is 0.263. The number of nitrogens with one attached hydrogen (secondary N) is 2. The first-order valence-electron chi connectivity index (χ1n) is 9.74. The molecule has 3 aromatic rings. The number of pyridine rings is 1. The maximum atomic E-state index is 12.2. The predicted molar refractivity (Wildman–Crippen MR) is 115 cm³/mol. The maximum Gasteiger partial charge on any atom is 0.272 e. The third-order valence-electron chi connectivity index (χ3n) is 4.70. The smallest absolute Gasteiger partial charge is 0.272 e. The molecule has 0 spiro atoms. The van der Waals surface area contributed by atoms with E-state index in [1.807, 2.05) is 18.2 Å². The Bertz CT molecular complexity index is 939. The Morgan fingerprint density at radius 3 is 2.38 bits per heavy atom. The zero-order chi connectivity index (χ0) is 20.6. The Kier molecular flexibility index (Phi) is 6.73. The molecule has 0 saturated heterocycles. The van der Waals surface area contributed by atoms with Crippen molar-refractivity contribution in [3.8, 4) is 0 Å². The zero-order valence-corrected chi connectivity index (χ0v) is 17.0. The van der Waals surface area contributed by atoms with Crippen LogP contribution in [0.3, 0.4) is 0 Å². The second-order valence-electron chi connectivity index (χ2n) is 6.64. The normalized spacial score (nSPS) is 10.4. The topological polar surface area (TPSA) is 83.0 Å². The summed E-state index contributed by atoms with van der Waals surface area (Å²) in [6.45, 7) is 8.72. The molecule has 0 atom stereocenters. The molecule has 0 unspecified atom stereocenters. The lowest BCUT2D eigenvalue weighted by molar-refractivity contribution is 0.0945. The van der Waals surface area contributed by atoms with Crippen molar-refractivity contribution < 1.29 is 4.79 Å². The molecule has 0 bridgehead atoms. The molecule has 0 aliphatic carbocycles. The van der Waals surface area contributed by atoms with E-state index in [-0.39, 0.29) is 11.6 Å². The Hall–Kier alpha value is -3.48. The van der Waals surface area contributed by atoms with E-state index in [4.69, 9.17) is 0 Å². The van der Waals surface area contributed by atoms with Crippen LogP contribution in [0.5, 0.6) is 0 Å². The highest BCUT2D eigenvalue weighted by Crippen LogP contribution is 2.24. The summed E-state index contributed by atoms with van der Waals surface area (Å²) in [5.41, 5.74) is 4.53. The molecule has 1 aromatic carbocycles. The summed E-state index contributed by atoms with van der Waals surface area (Å²) in [7, 11) is 0. The fraction of sp³-hybridized carbons (Fsp3) is 0.273. The largest absolute Gasteiger partial charge is 0.372 e. The van der Waals surface area contributed by atoms with Crippen molar-refractivity contribution in [1.29, 1.82) is 0 Å². The molecule has 7 heteroatoms. The quantitative estimate of drug-likeness (QED) is 0.610. The molecule has 0 saturated carbocycles. The second kappa shape index (κ2) is 9.64. The zero-order valence-electron chi connectivity index (χ0n) is 17.0. The van der Waals surface area contributed by atoms with Gasteiger partial charge in [0.25, 0.3) is 5.91 Å². The Labute approximate surface area is 171 Å². The summed E-state index contributed by atoms with van der Waals surface area (Å²) in [6.07, 6.45) is 3.39. The third kappa shape index (κ3) is 5.28. The average Bonchev–Trinajstić information content (AvgIpc) is 2.76. The molecule has 0 fully saturated rings. The summed E-state index contributed by atoms with van der Waals surface area (Å²) in [5, 5.41) is 14.3. The van der Waals surface area contributed by atoms with E-state index in [0.717, 1.165) is 29.9 Å². The summed E-state index contributed by atoms with van der Waals surface area (Å²) >= 11 is 0. The number of aryl methyl sites for hydroxylation is 1. The number of aromatic nitrogens is 3. The molecule has 29 heavy (non-hydrogen) atoms. The van der Waals surface area contributed by atoms with E-state index < -0.39 is 0 Å². The van der Waals surface area contributed by atoms with Crippen LogP contribution in [-0.4, -0.2) is 34.2 Å². The highest BCUT2D eigenvalue weighted by atomic mass is 16.1. The van der Waals surface area contributed by atoms with Crippen LogP contribution < -0.4 is 15.5 Å². The lowest BCUT2D eigenvalue weighted by atomic mass is 10.1. The van der Waals surface area contributed by atoms with Crippen molar-refractivity contribution in [2.45, 2.75) is 27.3 Å². The van der Waals surface area contributed by atoms with Gasteiger partial charge in [-0.15, -0.1) is 10.2 Å². The van der Waals surface area contributed by atoms with Crippen LogP contribution in [-0.2, 0) is 6.54 Å². The van der Waals surface area contributed by atoms with Gasteiger partial charge < -0.3 is 15.5 Å². The number of amides is 1. The van der Waals surface area contributed by atoms with E-state index >= 15 is 0 Å². The van der Waals surface area contributed by atoms with Crippen LogP contribution in [0.15, 0.2) is 54.9 Å². The summed E-state index contributed by atoms with van der Waals surface area (Å²) in [5.74, 6) is 0.329. The Morgan fingerprint density at radius 2 is 1.76 bits per heavy atom. The van der Waals surface area contributed by atoms with E-state index in [0.29, 0.717) is 12.4 Å². The molecule has 0 radical (unpaired) electrons. The molecule has 7 nitrogen and oxygen atoms in total. The number of rotatable bonds is 8. The van der Waals surface area contributed by atoms with Crippen LogP contribution in [0.1, 0.15) is 35.5 Å². The molecular formula is C22H26N6O. The van der Waals surface area contributed by atoms with E-state index in [2.05, 4.69) is 63.6 Å². The van der Waals surface area contributed by atoms with Crippen molar-refractivity contribution in [1.82, 2.24) is 20.5 Å². The Morgan fingerprint density at radius 1 is 1.00 bits per heavy atom. The van der Waals surface area contributed by atoms with E-state index in [1.165, 1.54) is 5.69 Å². The fourth-order valence-corrected chi connectivity index (χ4v) is 3.01. The SMILES string of the molecule is CCN(CC)c1ccc(Nc2ccc(C(=O)NCc3ccncc3)nn2)c(C)c1. The van der Waals surface area contributed by atoms with Crippen LogP contribution in [0.4, 0.5) is 17.2 Å². The van der Waals surface area contributed by atoms with Crippen LogP contribution in [0, 0.1) is 6.92 Å². The van der Waals surface area contributed by atoms with Crippen molar-refractivity contribution in [3.63, 3.8) is 0 Å². The summed E-state index contributed by atoms with van der Waals surface area (Å²) in [4.78, 5) is 18.5. The molecule has 0 aliphatic heterocycles. The van der Waals surface area contributed by atoms with Gasteiger partial charge in [0.1, 0.15) is 0 Å². The van der Waals surface area contributed by atoms with Gasteiger partial charge in [0.05, 0.1) is 0 Å². The number of hydrogen-bond donors (Lipinski definition) is 2. The predicted octanol–water partition coefficient (Wildman–Crippen LogP) is 3.70. The number of carbonyl (C=O) groups is 1. The van der Waals surface area contributed by atoms with Gasteiger partial charge in [-0.1, -0.05) is 0 Å².